The molecule has 0 atom stereocenters. The summed E-state index contributed by atoms with van der Waals surface area (Å²) in [6, 6.07) is 0. The van der Waals surface area contributed by atoms with Crippen LogP contribution in [0.4, 0.5) is 0 Å². The summed E-state index contributed by atoms with van der Waals surface area (Å²) in [6.45, 7) is 9.12. The quantitative estimate of drug-likeness (QED) is 0.648. The summed E-state index contributed by atoms with van der Waals surface area (Å²) in [4.78, 5) is 5.28. The molecule has 0 aliphatic heterocycles. The number of rotatable bonds is 4. The molecule has 0 saturated carbocycles. The van der Waals surface area contributed by atoms with Crippen LogP contribution in [0.2, 0.25) is 0 Å². The molecular formula is C7H18ClNO. The number of nitrogens with one attached hydrogen (secondary N) is 1. The van der Waals surface area contributed by atoms with Crippen LogP contribution in [-0.2, 0) is 4.84 Å². The van der Waals surface area contributed by atoms with Crippen molar-refractivity contribution in [1.82, 2.24) is 5.48 Å². The Hall–Kier alpha value is 0.210. The maximum atomic E-state index is 5.28. The first-order valence-electron chi connectivity index (χ1n) is 3.53. The van der Waals surface area contributed by atoms with Gasteiger partial charge in [0.1, 0.15) is 0 Å². The molecule has 0 bridgehead atoms. The van der Waals surface area contributed by atoms with Crippen LogP contribution < -0.4 is 5.48 Å². The first-order chi connectivity index (χ1) is 4.12. The van der Waals surface area contributed by atoms with E-state index >= 15 is 0 Å². The minimum atomic E-state index is -0.0178. The second kappa shape index (κ2) is 5.96. The monoisotopic (exact) mass is 167 g/mol. The predicted molar refractivity (Wildman–Crippen MR) is 46.4 cm³/mol. The van der Waals surface area contributed by atoms with Crippen LogP contribution in [0.3, 0.4) is 0 Å². The van der Waals surface area contributed by atoms with E-state index in [-0.39, 0.29) is 18.0 Å². The van der Waals surface area contributed by atoms with Gasteiger partial charge in [-0.3, -0.25) is 4.84 Å². The molecular weight excluding hydrogens is 150 g/mol. The molecule has 0 amide bonds. The van der Waals surface area contributed by atoms with Gasteiger partial charge in [0.05, 0.1) is 5.60 Å². The highest BCUT2D eigenvalue weighted by Crippen LogP contribution is 2.10. The van der Waals surface area contributed by atoms with E-state index in [0.717, 1.165) is 13.0 Å². The fourth-order valence-corrected chi connectivity index (χ4v) is 0.340. The predicted octanol–water partition coefficient (Wildman–Crippen LogP) is 2.14. The van der Waals surface area contributed by atoms with Gasteiger partial charge in [-0.1, -0.05) is 13.8 Å². The molecule has 10 heavy (non-hydrogen) atoms. The third kappa shape index (κ3) is 6.33. The highest BCUT2D eigenvalue weighted by Gasteiger charge is 2.14. The minimum absolute atomic E-state index is 0. The van der Waals surface area contributed by atoms with E-state index in [1.807, 2.05) is 6.92 Å². The van der Waals surface area contributed by atoms with Gasteiger partial charge in [-0.25, -0.2) is 5.48 Å². The zero-order valence-corrected chi connectivity index (χ0v) is 8.05. The van der Waals surface area contributed by atoms with Crippen molar-refractivity contribution in [2.24, 2.45) is 0 Å². The lowest BCUT2D eigenvalue weighted by atomic mass is 10.1. The van der Waals surface area contributed by atoms with Gasteiger partial charge in [-0.2, -0.15) is 0 Å². The molecule has 0 rings (SSSR count). The average molecular weight is 168 g/mol. The van der Waals surface area contributed by atoms with Gasteiger partial charge in [0.15, 0.2) is 0 Å². The Morgan fingerprint density at radius 2 is 1.80 bits per heavy atom. The molecule has 0 spiro atoms. The smallest absolute Gasteiger partial charge is 0.0838 e. The lowest BCUT2D eigenvalue weighted by Crippen LogP contribution is -2.31. The molecule has 0 unspecified atom stereocenters. The van der Waals surface area contributed by atoms with Gasteiger partial charge in [-0.15, -0.1) is 12.4 Å². The van der Waals surface area contributed by atoms with Crippen molar-refractivity contribution in [3.63, 3.8) is 0 Å². The molecule has 0 aromatic rings. The zero-order chi connectivity index (χ0) is 7.33. The van der Waals surface area contributed by atoms with E-state index < -0.39 is 0 Å². The molecule has 0 heterocycles. The van der Waals surface area contributed by atoms with E-state index in [1.165, 1.54) is 0 Å². The second-order valence-electron chi connectivity index (χ2n) is 2.71. The molecule has 3 heteroatoms. The number of hydrogen-bond acceptors (Lipinski definition) is 2. The third-order valence-corrected chi connectivity index (χ3v) is 1.34. The molecule has 0 fully saturated rings. The first kappa shape index (κ1) is 12.8. The average Bonchev–Trinajstić information content (AvgIpc) is 1.84. The molecule has 0 aromatic heterocycles. The van der Waals surface area contributed by atoms with Crippen LogP contribution >= 0.6 is 12.4 Å². The van der Waals surface area contributed by atoms with Gasteiger partial charge in [0.2, 0.25) is 0 Å². The summed E-state index contributed by atoms with van der Waals surface area (Å²) in [5, 5.41) is 0. The van der Waals surface area contributed by atoms with Gasteiger partial charge >= 0.3 is 0 Å². The molecule has 1 N–H and O–H groups in total. The maximum Gasteiger partial charge on any atom is 0.0838 e. The van der Waals surface area contributed by atoms with E-state index in [2.05, 4.69) is 26.3 Å². The van der Waals surface area contributed by atoms with Crippen molar-refractivity contribution in [3.05, 3.63) is 0 Å². The van der Waals surface area contributed by atoms with E-state index in [9.17, 15) is 0 Å². The van der Waals surface area contributed by atoms with Crippen molar-refractivity contribution in [3.8, 4) is 0 Å². The largest absolute Gasteiger partial charge is 0.296 e. The second-order valence-corrected chi connectivity index (χ2v) is 2.71. The van der Waals surface area contributed by atoms with Crippen LogP contribution in [0.5, 0.6) is 0 Å². The Kier molecular flexibility index (Phi) is 7.65. The van der Waals surface area contributed by atoms with Gasteiger partial charge in [0, 0.05) is 6.54 Å². The SMILES string of the molecule is CCNOC(C)(C)CC.Cl. The van der Waals surface area contributed by atoms with Crippen LogP contribution in [0, 0.1) is 0 Å². The van der Waals surface area contributed by atoms with E-state index in [0.29, 0.717) is 0 Å². The summed E-state index contributed by atoms with van der Waals surface area (Å²) >= 11 is 0. The number of hydroxylamine groups is 1. The lowest BCUT2D eigenvalue weighted by molar-refractivity contribution is -0.0839. The standard InChI is InChI=1S/C7H17NO.ClH/c1-5-7(3,4)9-8-6-2;/h8H,5-6H2,1-4H3;1H. The fourth-order valence-electron chi connectivity index (χ4n) is 0.340. The summed E-state index contributed by atoms with van der Waals surface area (Å²) in [5.41, 5.74) is 2.82. The molecule has 0 radical (unpaired) electrons. The Balaban J connectivity index is 0. The highest BCUT2D eigenvalue weighted by molar-refractivity contribution is 5.85. The summed E-state index contributed by atoms with van der Waals surface area (Å²) in [7, 11) is 0. The van der Waals surface area contributed by atoms with Crippen molar-refractivity contribution < 1.29 is 4.84 Å². The molecule has 0 aromatic carbocycles. The summed E-state index contributed by atoms with van der Waals surface area (Å²) in [5.74, 6) is 0. The Morgan fingerprint density at radius 3 is 2.10 bits per heavy atom. The van der Waals surface area contributed by atoms with Crippen molar-refractivity contribution >= 4 is 12.4 Å². The third-order valence-electron chi connectivity index (χ3n) is 1.34. The first-order valence-corrected chi connectivity index (χ1v) is 3.53. The molecule has 0 aliphatic rings. The Morgan fingerprint density at radius 1 is 1.30 bits per heavy atom. The minimum Gasteiger partial charge on any atom is -0.296 e. The van der Waals surface area contributed by atoms with Crippen LogP contribution in [0.1, 0.15) is 34.1 Å². The van der Waals surface area contributed by atoms with E-state index in [4.69, 9.17) is 4.84 Å². The lowest BCUT2D eigenvalue weighted by Gasteiger charge is -2.22. The number of hydrogen-bond donors (Lipinski definition) is 1. The summed E-state index contributed by atoms with van der Waals surface area (Å²) < 4.78 is 0. The number of halogens is 1. The molecule has 0 aliphatic carbocycles. The van der Waals surface area contributed by atoms with Gasteiger partial charge in [0.25, 0.3) is 0 Å². The van der Waals surface area contributed by atoms with Crippen LogP contribution in [0.15, 0.2) is 0 Å². The van der Waals surface area contributed by atoms with Crippen molar-refractivity contribution in [2.75, 3.05) is 6.54 Å². The Bertz CT molecular complexity index is 76.0. The zero-order valence-electron chi connectivity index (χ0n) is 7.23. The highest BCUT2D eigenvalue weighted by atomic mass is 35.5. The Labute approximate surface area is 69.7 Å². The topological polar surface area (TPSA) is 21.3 Å². The molecule has 0 saturated heterocycles. The van der Waals surface area contributed by atoms with Crippen LogP contribution in [-0.4, -0.2) is 12.1 Å². The molecule has 2 nitrogen and oxygen atoms in total. The normalized spacial score (nSPS) is 10.8. The maximum absolute atomic E-state index is 5.28. The van der Waals surface area contributed by atoms with E-state index in [1.54, 1.807) is 0 Å². The summed E-state index contributed by atoms with van der Waals surface area (Å²) in [6.07, 6.45) is 1.03. The molecule has 64 valence electrons. The van der Waals surface area contributed by atoms with Gasteiger partial charge < -0.3 is 0 Å². The van der Waals surface area contributed by atoms with Crippen LogP contribution in [0.25, 0.3) is 0 Å². The van der Waals surface area contributed by atoms with Crippen molar-refractivity contribution in [2.45, 2.75) is 39.7 Å². The fraction of sp³-hybridized carbons (Fsp3) is 1.00. The van der Waals surface area contributed by atoms with Crippen molar-refractivity contribution in [1.29, 1.82) is 0 Å². The van der Waals surface area contributed by atoms with Gasteiger partial charge in [-0.05, 0) is 20.3 Å².